The van der Waals surface area contributed by atoms with Gasteiger partial charge in [-0.3, -0.25) is 4.57 Å². The van der Waals surface area contributed by atoms with Crippen LogP contribution in [0.1, 0.15) is 25.0 Å². The second-order valence-electron chi connectivity index (χ2n) is 14.6. The Labute approximate surface area is 307 Å². The number of para-hydroxylation sites is 3. The van der Waals surface area contributed by atoms with Gasteiger partial charge in [0.15, 0.2) is 5.82 Å². The lowest BCUT2D eigenvalue weighted by Gasteiger charge is -2.24. The van der Waals surface area contributed by atoms with E-state index in [0.717, 1.165) is 33.8 Å². The third-order valence-corrected chi connectivity index (χ3v) is 11.3. The van der Waals surface area contributed by atoms with Gasteiger partial charge in [-0.05, 0) is 46.5 Å². The van der Waals surface area contributed by atoms with Crippen molar-refractivity contribution in [1.29, 1.82) is 0 Å². The summed E-state index contributed by atoms with van der Waals surface area (Å²) in [6.07, 6.45) is 0. The maximum Gasteiger partial charge on any atom is 0.162 e. The van der Waals surface area contributed by atoms with Gasteiger partial charge in [0.1, 0.15) is 5.82 Å². The highest BCUT2D eigenvalue weighted by Gasteiger charge is 2.41. The zero-order valence-corrected chi connectivity index (χ0v) is 29.5. The first kappa shape index (κ1) is 29.9. The van der Waals surface area contributed by atoms with Crippen molar-refractivity contribution >= 4 is 43.6 Å². The van der Waals surface area contributed by atoms with Crippen LogP contribution < -0.4 is 0 Å². The highest BCUT2D eigenvalue weighted by Crippen LogP contribution is 2.58. The van der Waals surface area contributed by atoms with Crippen molar-refractivity contribution in [2.75, 3.05) is 0 Å². The summed E-state index contributed by atoms with van der Waals surface area (Å²) >= 11 is 0. The summed E-state index contributed by atoms with van der Waals surface area (Å²) in [5.41, 5.74) is 13.8. The topological polar surface area (TPSA) is 35.6 Å². The third-order valence-electron chi connectivity index (χ3n) is 11.3. The van der Waals surface area contributed by atoms with Gasteiger partial charge in [-0.2, -0.15) is 0 Å². The van der Waals surface area contributed by atoms with Gasteiger partial charge in [-0.1, -0.05) is 153 Å². The molecule has 0 aliphatic heterocycles. The maximum atomic E-state index is 5.44. The number of aromatic nitrogens is 4. The molecule has 0 unspecified atom stereocenters. The molecule has 250 valence electrons. The van der Waals surface area contributed by atoms with Gasteiger partial charge in [-0.25, -0.2) is 9.97 Å². The summed E-state index contributed by atoms with van der Waals surface area (Å²) in [5.74, 6) is 1.55. The number of nitrogens with zero attached hydrogens (tertiary/aromatic N) is 4. The van der Waals surface area contributed by atoms with Gasteiger partial charge >= 0.3 is 0 Å². The number of hydrogen-bond acceptors (Lipinski definition) is 2. The predicted octanol–water partition coefficient (Wildman–Crippen LogP) is 12.3. The zero-order chi connectivity index (χ0) is 35.3. The molecule has 0 bridgehead atoms. The molecule has 53 heavy (non-hydrogen) atoms. The average molecular weight is 679 g/mol. The summed E-state index contributed by atoms with van der Waals surface area (Å²) < 4.78 is 4.92. The molecule has 11 rings (SSSR count). The summed E-state index contributed by atoms with van der Waals surface area (Å²) in [6, 6.07) is 60.6. The van der Waals surface area contributed by atoms with Crippen molar-refractivity contribution in [2.24, 2.45) is 0 Å². The molecule has 0 N–H and O–H groups in total. The summed E-state index contributed by atoms with van der Waals surface area (Å²) in [6.45, 7) is 4.79. The van der Waals surface area contributed by atoms with Crippen molar-refractivity contribution in [2.45, 2.75) is 19.3 Å². The normalized spacial score (nSPS) is 13.2. The van der Waals surface area contributed by atoms with Crippen LogP contribution in [0.4, 0.5) is 0 Å². The minimum Gasteiger partial charge on any atom is -0.309 e. The molecule has 3 heterocycles. The van der Waals surface area contributed by atoms with Crippen LogP contribution >= 0.6 is 0 Å². The molecule has 0 saturated heterocycles. The van der Waals surface area contributed by atoms with E-state index in [9.17, 15) is 0 Å². The number of benzene rings is 7. The van der Waals surface area contributed by atoms with E-state index in [1.807, 2.05) is 6.07 Å². The van der Waals surface area contributed by atoms with Gasteiger partial charge in [0.2, 0.25) is 0 Å². The molecular weight excluding hydrogens is 645 g/mol. The quantitative estimate of drug-likeness (QED) is 0.186. The summed E-state index contributed by atoms with van der Waals surface area (Å²) in [7, 11) is 0. The summed E-state index contributed by atoms with van der Waals surface area (Å²) in [4.78, 5) is 10.6. The number of hydrogen-bond donors (Lipinski definition) is 0. The molecule has 1 aliphatic rings. The molecule has 0 saturated carbocycles. The van der Waals surface area contributed by atoms with Crippen LogP contribution in [0, 0.1) is 0 Å². The van der Waals surface area contributed by atoms with Gasteiger partial charge in [0, 0.05) is 49.8 Å². The Hall–Kier alpha value is -6.78. The van der Waals surface area contributed by atoms with E-state index in [-0.39, 0.29) is 5.41 Å². The van der Waals surface area contributed by atoms with E-state index in [1.165, 1.54) is 60.3 Å². The van der Waals surface area contributed by atoms with Crippen LogP contribution in [0.25, 0.3) is 88.9 Å². The Kier molecular flexibility index (Phi) is 6.27. The zero-order valence-electron chi connectivity index (χ0n) is 29.5. The molecule has 0 spiro atoms. The Morgan fingerprint density at radius 1 is 0.491 bits per heavy atom. The smallest absolute Gasteiger partial charge is 0.162 e. The molecule has 0 fully saturated rings. The Bertz CT molecular complexity index is 3000. The predicted molar refractivity (Wildman–Crippen MR) is 219 cm³/mol. The lowest BCUT2D eigenvalue weighted by Crippen LogP contribution is -2.17. The molecule has 4 nitrogen and oxygen atoms in total. The number of fused-ring (bicyclic) bond motifs is 12. The van der Waals surface area contributed by atoms with Crippen LogP contribution in [-0.4, -0.2) is 19.1 Å². The fraction of sp³-hybridized carbons (Fsp3) is 0.0612. The lowest BCUT2D eigenvalue weighted by molar-refractivity contribution is 0.664. The lowest BCUT2D eigenvalue weighted by atomic mass is 9.81. The SMILES string of the molecule is CC1(C)c2ccccc2-c2c1c1c(c3ccccc3n1-c1cc(-c3ccccc3)nc(-c3ccccc3)n1)c1c2c2ccccc2n1-c1ccccc1. The Morgan fingerprint density at radius 3 is 1.77 bits per heavy atom. The Balaban J connectivity index is 1.40. The van der Waals surface area contributed by atoms with Crippen molar-refractivity contribution in [3.05, 3.63) is 181 Å². The molecule has 0 amide bonds. The molecule has 0 atom stereocenters. The highest BCUT2D eigenvalue weighted by atomic mass is 15.1. The molecule has 7 aromatic carbocycles. The van der Waals surface area contributed by atoms with E-state index in [1.54, 1.807) is 0 Å². The number of rotatable bonds is 4. The first-order valence-corrected chi connectivity index (χ1v) is 18.3. The minimum absolute atomic E-state index is 0.294. The van der Waals surface area contributed by atoms with Crippen LogP contribution in [0.15, 0.2) is 170 Å². The molecule has 0 radical (unpaired) electrons. The first-order chi connectivity index (χ1) is 26.1. The van der Waals surface area contributed by atoms with Gasteiger partial charge in [0.25, 0.3) is 0 Å². The van der Waals surface area contributed by atoms with Gasteiger partial charge < -0.3 is 4.57 Å². The molecule has 1 aliphatic carbocycles. The second kappa shape index (κ2) is 11.1. The Morgan fingerprint density at radius 2 is 1.06 bits per heavy atom. The van der Waals surface area contributed by atoms with Crippen molar-refractivity contribution in [3.63, 3.8) is 0 Å². The fourth-order valence-electron chi connectivity index (χ4n) is 9.05. The van der Waals surface area contributed by atoms with Gasteiger partial charge in [0.05, 0.1) is 27.8 Å². The van der Waals surface area contributed by atoms with Crippen LogP contribution in [-0.2, 0) is 5.41 Å². The van der Waals surface area contributed by atoms with E-state index in [4.69, 9.17) is 9.97 Å². The van der Waals surface area contributed by atoms with Crippen molar-refractivity contribution in [3.8, 4) is 45.3 Å². The van der Waals surface area contributed by atoms with Crippen LogP contribution in [0.2, 0.25) is 0 Å². The van der Waals surface area contributed by atoms with E-state index >= 15 is 0 Å². The van der Waals surface area contributed by atoms with Gasteiger partial charge in [-0.15, -0.1) is 0 Å². The van der Waals surface area contributed by atoms with Crippen LogP contribution in [0.3, 0.4) is 0 Å². The maximum absolute atomic E-state index is 5.44. The van der Waals surface area contributed by atoms with E-state index in [2.05, 4.69) is 187 Å². The largest absolute Gasteiger partial charge is 0.309 e. The minimum atomic E-state index is -0.294. The average Bonchev–Trinajstić information content (AvgIpc) is 3.82. The monoisotopic (exact) mass is 678 g/mol. The molecule has 10 aromatic rings. The second-order valence-corrected chi connectivity index (χ2v) is 14.6. The fourth-order valence-corrected chi connectivity index (χ4v) is 9.05. The first-order valence-electron chi connectivity index (χ1n) is 18.3. The summed E-state index contributed by atoms with van der Waals surface area (Å²) in [5, 5.41) is 4.98. The standard InChI is InChI=1S/C49H34N4/c1-49(2)37-27-15-12-24-34(37)42-43-35-25-13-16-28-39(35)52(33-22-10-5-11-23-33)46(43)44-36-26-14-17-29-40(36)53(47(44)45(42)49)41-30-38(31-18-6-3-7-19-31)50-48(51-41)32-20-8-4-9-21-32/h3-30H,1-2H3. The van der Waals surface area contributed by atoms with Crippen molar-refractivity contribution in [1.82, 2.24) is 19.1 Å². The third kappa shape index (κ3) is 4.18. The molecule has 3 aromatic heterocycles. The van der Waals surface area contributed by atoms with E-state index in [0.29, 0.717) is 5.82 Å². The van der Waals surface area contributed by atoms with Crippen LogP contribution in [0.5, 0.6) is 0 Å². The van der Waals surface area contributed by atoms with E-state index < -0.39 is 0 Å². The highest BCUT2D eigenvalue weighted by molar-refractivity contribution is 6.32. The molecule has 4 heteroatoms. The van der Waals surface area contributed by atoms with Crippen molar-refractivity contribution < 1.29 is 0 Å². The molecular formula is C49H34N4.